The number of nitrogens with zero attached hydrogens (tertiary/aromatic N) is 2. The van der Waals surface area contributed by atoms with E-state index in [9.17, 15) is 13.8 Å². The zero-order chi connectivity index (χ0) is 28.7. The lowest BCUT2D eigenvalue weighted by molar-refractivity contribution is -0.116. The van der Waals surface area contributed by atoms with E-state index in [1.165, 1.54) is 0 Å². The molecule has 2 aromatic rings. The topological polar surface area (TPSA) is 100 Å². The monoisotopic (exact) mass is 558 g/mol. The molecular formula is C29H42N4O5S. The summed E-state index contributed by atoms with van der Waals surface area (Å²) >= 11 is 0. The first-order chi connectivity index (χ1) is 18.4. The molecule has 39 heavy (non-hydrogen) atoms. The lowest BCUT2D eigenvalue weighted by Gasteiger charge is -2.34. The normalized spacial score (nSPS) is 15.1. The van der Waals surface area contributed by atoms with Crippen LogP contribution >= 0.6 is 0 Å². The summed E-state index contributed by atoms with van der Waals surface area (Å²) in [4.78, 5) is 27.6. The summed E-state index contributed by atoms with van der Waals surface area (Å²) in [5.74, 6) is 0.599. The highest BCUT2D eigenvalue weighted by Crippen LogP contribution is 2.26. The Morgan fingerprint density at radius 3 is 2.21 bits per heavy atom. The third-order valence-electron chi connectivity index (χ3n) is 6.51. The number of anilines is 2. The zero-order valence-electron chi connectivity index (χ0n) is 24.1. The van der Waals surface area contributed by atoms with Gasteiger partial charge in [-0.05, 0) is 95.0 Å². The summed E-state index contributed by atoms with van der Waals surface area (Å²) in [5, 5.41) is 5.89. The zero-order valence-corrected chi connectivity index (χ0v) is 24.9. The van der Waals surface area contributed by atoms with Crippen molar-refractivity contribution in [1.29, 1.82) is 0 Å². The van der Waals surface area contributed by atoms with Gasteiger partial charge in [0.15, 0.2) is 0 Å². The van der Waals surface area contributed by atoms with Crippen LogP contribution in [0.15, 0.2) is 41.3 Å². The van der Waals surface area contributed by atoms with Crippen LogP contribution in [-0.4, -0.2) is 65.9 Å². The van der Waals surface area contributed by atoms with Crippen molar-refractivity contribution in [2.45, 2.75) is 70.4 Å². The van der Waals surface area contributed by atoms with Crippen LogP contribution in [0.2, 0.25) is 0 Å². The van der Waals surface area contributed by atoms with E-state index in [0.717, 1.165) is 59.1 Å². The van der Waals surface area contributed by atoms with Crippen LogP contribution in [0, 0.1) is 13.8 Å². The van der Waals surface area contributed by atoms with Gasteiger partial charge in [-0.2, -0.15) is 0 Å². The summed E-state index contributed by atoms with van der Waals surface area (Å²) in [5.41, 5.74) is 3.07. The van der Waals surface area contributed by atoms with Crippen molar-refractivity contribution < 1.29 is 23.3 Å². The number of carbonyl (C=O) groups excluding carboxylic acids is 2. The van der Waals surface area contributed by atoms with Gasteiger partial charge >= 0.3 is 6.09 Å². The summed E-state index contributed by atoms with van der Waals surface area (Å²) < 4.78 is 25.4. The Morgan fingerprint density at radius 2 is 1.67 bits per heavy atom. The van der Waals surface area contributed by atoms with Crippen molar-refractivity contribution >= 4 is 34.4 Å². The molecular weight excluding hydrogens is 516 g/mol. The third-order valence-corrected chi connectivity index (χ3v) is 8.25. The maximum Gasteiger partial charge on any atom is 0.407 e. The molecule has 2 aromatic carbocycles. The Labute approximate surface area is 234 Å². The van der Waals surface area contributed by atoms with Crippen molar-refractivity contribution in [3.8, 4) is 5.75 Å². The summed E-state index contributed by atoms with van der Waals surface area (Å²) in [6.45, 7) is 11.4. The number of hydrogen-bond acceptors (Lipinski definition) is 6. The number of piperidine rings is 1. The second kappa shape index (κ2) is 13.3. The first-order valence-electron chi connectivity index (χ1n) is 13.3. The third kappa shape index (κ3) is 8.96. The van der Waals surface area contributed by atoms with Gasteiger partial charge < -0.3 is 25.0 Å². The van der Waals surface area contributed by atoms with Crippen molar-refractivity contribution in [2.75, 3.05) is 44.0 Å². The van der Waals surface area contributed by atoms with Gasteiger partial charge in [0.25, 0.3) is 0 Å². The van der Waals surface area contributed by atoms with Crippen LogP contribution in [0.5, 0.6) is 5.75 Å². The molecule has 10 heteroatoms. The van der Waals surface area contributed by atoms with Crippen LogP contribution in [0.1, 0.15) is 51.2 Å². The van der Waals surface area contributed by atoms with Crippen LogP contribution in [0.3, 0.4) is 0 Å². The number of hydrogen-bond donors (Lipinski definition) is 2. The summed E-state index contributed by atoms with van der Waals surface area (Å²) in [6, 6.07) is 11.6. The van der Waals surface area contributed by atoms with E-state index in [4.69, 9.17) is 9.47 Å². The lowest BCUT2D eigenvalue weighted by atomic mass is 10.0. The Morgan fingerprint density at radius 1 is 1.08 bits per heavy atom. The molecule has 0 radical (unpaired) electrons. The first kappa shape index (κ1) is 30.4. The van der Waals surface area contributed by atoms with Crippen molar-refractivity contribution in [2.24, 2.45) is 0 Å². The van der Waals surface area contributed by atoms with E-state index >= 15 is 0 Å². The number of methoxy groups -OCH3 is 1. The summed E-state index contributed by atoms with van der Waals surface area (Å²) in [7, 11) is 1.99. The van der Waals surface area contributed by atoms with E-state index in [2.05, 4.69) is 15.5 Å². The highest BCUT2D eigenvalue weighted by molar-refractivity contribution is 7.82. The Balaban J connectivity index is 1.45. The van der Waals surface area contributed by atoms with Gasteiger partial charge in [0, 0.05) is 50.5 Å². The maximum atomic E-state index is 13.1. The molecule has 1 fully saturated rings. The second-order valence-corrected chi connectivity index (χ2v) is 12.5. The highest BCUT2D eigenvalue weighted by Gasteiger charge is 2.24. The van der Waals surface area contributed by atoms with Gasteiger partial charge in [-0.25, -0.2) is 13.3 Å². The van der Waals surface area contributed by atoms with Crippen molar-refractivity contribution in [3.05, 3.63) is 47.5 Å². The molecule has 1 unspecified atom stereocenters. The minimum atomic E-state index is -1.38. The molecule has 0 saturated carbocycles. The van der Waals surface area contributed by atoms with Crippen LogP contribution in [-0.2, 0) is 20.5 Å². The van der Waals surface area contributed by atoms with Gasteiger partial charge in [-0.15, -0.1) is 0 Å². The van der Waals surface area contributed by atoms with Crippen LogP contribution in [0.4, 0.5) is 16.2 Å². The fourth-order valence-electron chi connectivity index (χ4n) is 4.54. The van der Waals surface area contributed by atoms with Gasteiger partial charge in [-0.3, -0.25) is 4.79 Å². The maximum absolute atomic E-state index is 13.1. The number of amides is 2. The minimum absolute atomic E-state index is 0.0969. The van der Waals surface area contributed by atoms with Gasteiger partial charge in [0.2, 0.25) is 5.91 Å². The molecule has 0 bridgehead atoms. The average molecular weight is 559 g/mol. The van der Waals surface area contributed by atoms with E-state index in [1.54, 1.807) is 18.5 Å². The molecule has 3 rings (SSSR count). The molecule has 0 aromatic heterocycles. The molecule has 214 valence electrons. The van der Waals surface area contributed by atoms with Gasteiger partial charge in [-0.1, -0.05) is 0 Å². The molecule has 1 heterocycles. The number of nitrogens with one attached hydrogen (secondary N) is 2. The highest BCUT2D eigenvalue weighted by atomic mass is 32.2. The standard InChI is InChI=1S/C29H42N4O5S/c1-20-18-25(37-7)19-21(2)27(20)39(36)32(6)15-14-26(34)30-22-8-10-24(11-9-22)33-16-12-23(13-17-33)31-28(35)38-29(3,4)5/h8-11,18-19,23H,12-17H2,1-7H3,(H,30,34)(H,31,35). The molecule has 0 aliphatic carbocycles. The summed E-state index contributed by atoms with van der Waals surface area (Å²) in [6.07, 6.45) is 1.52. The number of carbonyl (C=O) groups is 2. The molecule has 9 nitrogen and oxygen atoms in total. The fraction of sp³-hybridized carbons (Fsp3) is 0.517. The van der Waals surface area contributed by atoms with Gasteiger partial charge in [0.1, 0.15) is 22.3 Å². The van der Waals surface area contributed by atoms with E-state index < -0.39 is 16.6 Å². The number of alkyl carbamates (subject to hydrolysis) is 1. The van der Waals surface area contributed by atoms with Crippen LogP contribution in [0.25, 0.3) is 0 Å². The average Bonchev–Trinajstić information content (AvgIpc) is 2.86. The van der Waals surface area contributed by atoms with E-state index in [1.807, 2.05) is 71.0 Å². The van der Waals surface area contributed by atoms with E-state index in [-0.39, 0.29) is 24.5 Å². The number of aryl methyl sites for hydroxylation is 2. The number of ether oxygens (including phenoxy) is 2. The smallest absolute Gasteiger partial charge is 0.407 e. The predicted molar refractivity (Wildman–Crippen MR) is 156 cm³/mol. The first-order valence-corrected chi connectivity index (χ1v) is 14.4. The Bertz CT molecular complexity index is 1150. The predicted octanol–water partition coefficient (Wildman–Crippen LogP) is 4.79. The largest absolute Gasteiger partial charge is 0.497 e. The van der Waals surface area contributed by atoms with E-state index in [0.29, 0.717) is 6.54 Å². The SMILES string of the molecule is COc1cc(C)c(S(=O)N(C)CCC(=O)Nc2ccc(N3CCC(NC(=O)OC(C)(C)C)CC3)cc2)c(C)c1. The molecule has 1 aliphatic rings. The Kier molecular flexibility index (Phi) is 10.4. The molecule has 2 amide bonds. The Hall–Kier alpha value is -3.11. The molecule has 2 N–H and O–H groups in total. The van der Waals surface area contributed by atoms with Crippen LogP contribution < -0.4 is 20.3 Å². The van der Waals surface area contributed by atoms with Crippen molar-refractivity contribution in [3.63, 3.8) is 0 Å². The lowest BCUT2D eigenvalue weighted by Crippen LogP contribution is -2.46. The molecule has 0 spiro atoms. The minimum Gasteiger partial charge on any atom is -0.497 e. The second-order valence-electron chi connectivity index (χ2n) is 10.9. The quantitative estimate of drug-likeness (QED) is 0.459. The molecule has 1 aliphatic heterocycles. The molecule has 1 saturated heterocycles. The van der Waals surface area contributed by atoms with Crippen molar-refractivity contribution in [1.82, 2.24) is 9.62 Å². The fourth-order valence-corrected chi connectivity index (χ4v) is 5.77. The number of rotatable bonds is 9. The van der Waals surface area contributed by atoms with Gasteiger partial charge in [0.05, 0.1) is 12.0 Å². The number of benzene rings is 2. The molecule has 1 atom stereocenters.